The zero-order chi connectivity index (χ0) is 12.1. The average Bonchev–Trinajstić information content (AvgIpc) is 2.37. The Bertz CT molecular complexity index is 419. The molecule has 0 bridgehead atoms. The summed E-state index contributed by atoms with van der Waals surface area (Å²) in [6.45, 7) is 4.64. The zero-order valence-electron chi connectivity index (χ0n) is 10.1. The molecule has 1 N–H and O–H groups in total. The van der Waals surface area contributed by atoms with Crippen molar-refractivity contribution in [2.75, 3.05) is 19.7 Å². The van der Waals surface area contributed by atoms with E-state index in [1.165, 1.54) is 12.8 Å². The molecule has 1 atom stereocenters. The Morgan fingerprint density at radius 3 is 3.18 bits per heavy atom. The fourth-order valence-electron chi connectivity index (χ4n) is 1.96. The van der Waals surface area contributed by atoms with Crippen LogP contribution in [0.25, 0.3) is 0 Å². The first-order valence-electron chi connectivity index (χ1n) is 5.94. The number of aryl methyl sites for hydroxylation is 1. The molecule has 1 saturated heterocycles. The zero-order valence-corrected chi connectivity index (χ0v) is 10.1. The van der Waals surface area contributed by atoms with Crippen molar-refractivity contribution in [3.63, 3.8) is 0 Å². The first-order chi connectivity index (χ1) is 8.28. The maximum Gasteiger partial charge on any atom is 0.217 e. The molecule has 0 aromatic carbocycles. The standard InChI is InChI=1S/C13H17N3O/c1-3-12-7-13(16-10(2)15-12)17-9-11-5-4-6-14-8-11/h1,7,11,14H,4-6,8-9H2,2H3. The highest BCUT2D eigenvalue weighted by Gasteiger charge is 2.14. The molecule has 1 aromatic rings. The Kier molecular flexibility index (Phi) is 3.94. The van der Waals surface area contributed by atoms with Crippen molar-refractivity contribution in [2.24, 2.45) is 5.92 Å². The van der Waals surface area contributed by atoms with Gasteiger partial charge in [-0.2, -0.15) is 4.98 Å². The average molecular weight is 231 g/mol. The van der Waals surface area contributed by atoms with E-state index >= 15 is 0 Å². The summed E-state index contributed by atoms with van der Waals surface area (Å²) in [7, 11) is 0. The van der Waals surface area contributed by atoms with Gasteiger partial charge in [0.25, 0.3) is 0 Å². The van der Waals surface area contributed by atoms with Crippen LogP contribution >= 0.6 is 0 Å². The first kappa shape index (κ1) is 11.9. The molecule has 1 aliphatic heterocycles. The van der Waals surface area contributed by atoms with E-state index in [-0.39, 0.29) is 0 Å². The van der Waals surface area contributed by atoms with Crippen molar-refractivity contribution >= 4 is 0 Å². The van der Waals surface area contributed by atoms with Gasteiger partial charge in [0.05, 0.1) is 6.61 Å². The maximum atomic E-state index is 5.68. The van der Waals surface area contributed by atoms with Gasteiger partial charge < -0.3 is 10.1 Å². The number of piperidine rings is 1. The fourth-order valence-corrected chi connectivity index (χ4v) is 1.96. The molecule has 0 spiro atoms. The Hall–Kier alpha value is -1.60. The quantitative estimate of drug-likeness (QED) is 0.793. The summed E-state index contributed by atoms with van der Waals surface area (Å²) in [5.41, 5.74) is 0.578. The van der Waals surface area contributed by atoms with Crippen LogP contribution in [0.4, 0.5) is 0 Å². The Labute approximate surface area is 102 Å². The number of hydrogen-bond acceptors (Lipinski definition) is 4. The van der Waals surface area contributed by atoms with E-state index in [2.05, 4.69) is 21.2 Å². The molecule has 0 aliphatic carbocycles. The molecule has 0 amide bonds. The minimum atomic E-state index is 0.563. The van der Waals surface area contributed by atoms with Crippen molar-refractivity contribution in [2.45, 2.75) is 19.8 Å². The molecule has 90 valence electrons. The second kappa shape index (κ2) is 5.65. The van der Waals surface area contributed by atoms with E-state index in [9.17, 15) is 0 Å². The molecular formula is C13H17N3O. The van der Waals surface area contributed by atoms with E-state index in [1.54, 1.807) is 6.07 Å². The molecule has 0 radical (unpaired) electrons. The number of nitrogens with one attached hydrogen (secondary N) is 1. The van der Waals surface area contributed by atoms with Crippen LogP contribution in [0.3, 0.4) is 0 Å². The molecule has 4 nitrogen and oxygen atoms in total. The highest BCUT2D eigenvalue weighted by atomic mass is 16.5. The van der Waals surface area contributed by atoms with Gasteiger partial charge in [-0.25, -0.2) is 4.98 Å². The van der Waals surface area contributed by atoms with Gasteiger partial charge in [-0.1, -0.05) is 0 Å². The molecule has 2 rings (SSSR count). The van der Waals surface area contributed by atoms with E-state index in [0.29, 0.717) is 29.9 Å². The summed E-state index contributed by atoms with van der Waals surface area (Å²) >= 11 is 0. The van der Waals surface area contributed by atoms with Gasteiger partial charge in [-0.05, 0) is 32.2 Å². The second-order valence-corrected chi connectivity index (χ2v) is 4.31. The highest BCUT2D eigenvalue weighted by molar-refractivity contribution is 5.28. The SMILES string of the molecule is C#Cc1cc(OCC2CCCNC2)nc(C)n1. The Morgan fingerprint density at radius 2 is 2.47 bits per heavy atom. The van der Waals surface area contributed by atoms with Gasteiger partial charge in [0.1, 0.15) is 11.5 Å². The first-order valence-corrected chi connectivity index (χ1v) is 5.94. The largest absolute Gasteiger partial charge is 0.477 e. The topological polar surface area (TPSA) is 47.0 Å². The molecule has 1 aromatic heterocycles. The molecule has 1 fully saturated rings. The third kappa shape index (κ3) is 3.43. The lowest BCUT2D eigenvalue weighted by molar-refractivity contribution is 0.211. The van der Waals surface area contributed by atoms with Crippen LogP contribution in [-0.4, -0.2) is 29.7 Å². The van der Waals surface area contributed by atoms with Crippen LogP contribution in [0.1, 0.15) is 24.4 Å². The lowest BCUT2D eigenvalue weighted by atomic mass is 10.0. The normalized spacial score (nSPS) is 19.6. The lowest BCUT2D eigenvalue weighted by Gasteiger charge is -2.22. The lowest BCUT2D eigenvalue weighted by Crippen LogP contribution is -2.33. The van der Waals surface area contributed by atoms with Gasteiger partial charge >= 0.3 is 0 Å². The molecule has 1 aliphatic rings. The third-order valence-electron chi connectivity index (χ3n) is 2.83. The van der Waals surface area contributed by atoms with Gasteiger partial charge in [-0.3, -0.25) is 0 Å². The van der Waals surface area contributed by atoms with E-state index in [1.807, 2.05) is 6.92 Å². The highest BCUT2D eigenvalue weighted by Crippen LogP contribution is 2.14. The van der Waals surface area contributed by atoms with Gasteiger partial charge in [0.2, 0.25) is 5.88 Å². The van der Waals surface area contributed by atoms with Gasteiger partial charge in [0.15, 0.2) is 0 Å². The van der Waals surface area contributed by atoms with Crippen molar-refractivity contribution in [3.05, 3.63) is 17.6 Å². The van der Waals surface area contributed by atoms with Gasteiger partial charge in [0, 0.05) is 18.5 Å². The predicted molar refractivity (Wildman–Crippen MR) is 65.8 cm³/mol. The third-order valence-corrected chi connectivity index (χ3v) is 2.83. The summed E-state index contributed by atoms with van der Waals surface area (Å²) in [6, 6.07) is 1.71. The van der Waals surface area contributed by atoms with E-state index in [4.69, 9.17) is 11.2 Å². The number of nitrogens with zero attached hydrogens (tertiary/aromatic N) is 2. The van der Waals surface area contributed by atoms with Crippen molar-refractivity contribution in [1.29, 1.82) is 0 Å². The molecule has 4 heteroatoms. The van der Waals surface area contributed by atoms with Crippen molar-refractivity contribution in [1.82, 2.24) is 15.3 Å². The monoisotopic (exact) mass is 231 g/mol. The minimum absolute atomic E-state index is 0.563. The smallest absolute Gasteiger partial charge is 0.217 e. The molecular weight excluding hydrogens is 214 g/mol. The molecule has 0 saturated carbocycles. The van der Waals surface area contributed by atoms with Crippen LogP contribution in [0.5, 0.6) is 5.88 Å². The van der Waals surface area contributed by atoms with Crippen molar-refractivity contribution in [3.8, 4) is 18.2 Å². The number of hydrogen-bond donors (Lipinski definition) is 1. The maximum absolute atomic E-state index is 5.68. The summed E-state index contributed by atoms with van der Waals surface area (Å²) in [6.07, 6.45) is 7.74. The summed E-state index contributed by atoms with van der Waals surface area (Å²) < 4.78 is 5.68. The van der Waals surface area contributed by atoms with E-state index in [0.717, 1.165) is 13.1 Å². The number of ether oxygens (including phenoxy) is 1. The van der Waals surface area contributed by atoms with Gasteiger partial charge in [-0.15, -0.1) is 6.42 Å². The summed E-state index contributed by atoms with van der Waals surface area (Å²) in [5, 5.41) is 3.36. The van der Waals surface area contributed by atoms with Crippen LogP contribution in [0, 0.1) is 25.2 Å². The number of rotatable bonds is 3. The van der Waals surface area contributed by atoms with Crippen LogP contribution in [-0.2, 0) is 0 Å². The number of aromatic nitrogens is 2. The predicted octanol–water partition coefficient (Wildman–Crippen LogP) is 1.14. The minimum Gasteiger partial charge on any atom is -0.477 e. The summed E-state index contributed by atoms with van der Waals surface area (Å²) in [4.78, 5) is 8.32. The van der Waals surface area contributed by atoms with Crippen LogP contribution < -0.4 is 10.1 Å². The molecule has 17 heavy (non-hydrogen) atoms. The fraction of sp³-hybridized carbons (Fsp3) is 0.538. The van der Waals surface area contributed by atoms with E-state index < -0.39 is 0 Å². The summed E-state index contributed by atoms with van der Waals surface area (Å²) in [5.74, 6) is 4.30. The van der Waals surface area contributed by atoms with Crippen molar-refractivity contribution < 1.29 is 4.74 Å². The Balaban J connectivity index is 1.94. The molecule has 2 heterocycles. The van der Waals surface area contributed by atoms with Crippen LogP contribution in [0.2, 0.25) is 0 Å². The second-order valence-electron chi connectivity index (χ2n) is 4.31. The van der Waals surface area contributed by atoms with Crippen LogP contribution in [0.15, 0.2) is 6.07 Å². The molecule has 1 unspecified atom stereocenters. The Morgan fingerprint density at radius 1 is 1.59 bits per heavy atom. The number of terminal acetylenes is 1.